The number of benzene rings is 1. The summed E-state index contributed by atoms with van der Waals surface area (Å²) < 4.78 is 34.3. The minimum atomic E-state index is -3.32. The van der Waals surface area contributed by atoms with Gasteiger partial charge in [-0.2, -0.15) is 14.1 Å². The molecular formula is C24H33ClN4O4S. The SMILES string of the molecule is CC(Oc1c(N2CCN(S(=O)(=O)C(C)C)CC2)cnn(-c2cccc(Cl)c2)c1=O)C1CCCC1. The number of halogens is 1. The molecule has 8 nitrogen and oxygen atoms in total. The average molecular weight is 509 g/mol. The number of nitrogens with zero attached hydrogens (tertiary/aromatic N) is 4. The number of anilines is 1. The third-order valence-electron chi connectivity index (χ3n) is 6.87. The standard InChI is InChI=1S/C24H33ClN4O4S/c1-17(2)34(31,32)28-13-11-27(12-14-28)22-16-26-29(21-10-6-9-20(25)15-21)24(30)23(22)33-18(3)19-7-4-5-8-19/h6,9-10,15-19H,4-5,7-8,11-14H2,1-3H3. The Hall–Kier alpha value is -2.10. The Kier molecular flexibility index (Phi) is 7.54. The molecule has 0 spiro atoms. The molecule has 1 saturated carbocycles. The largest absolute Gasteiger partial charge is 0.483 e. The number of hydrogen-bond acceptors (Lipinski definition) is 6. The third-order valence-corrected chi connectivity index (χ3v) is 9.38. The molecule has 1 aromatic heterocycles. The third kappa shape index (κ3) is 5.11. The lowest BCUT2D eigenvalue weighted by molar-refractivity contribution is 0.151. The molecule has 186 valence electrons. The molecule has 1 atom stereocenters. The molecule has 0 N–H and O–H groups in total. The van der Waals surface area contributed by atoms with Gasteiger partial charge in [0.25, 0.3) is 0 Å². The zero-order chi connectivity index (χ0) is 24.5. The molecular weight excluding hydrogens is 476 g/mol. The summed E-state index contributed by atoms with van der Waals surface area (Å²) in [6, 6.07) is 6.99. The summed E-state index contributed by atoms with van der Waals surface area (Å²) in [4.78, 5) is 15.6. The van der Waals surface area contributed by atoms with Gasteiger partial charge in [0, 0.05) is 31.2 Å². The van der Waals surface area contributed by atoms with Crippen molar-refractivity contribution in [3.8, 4) is 11.4 Å². The smallest absolute Gasteiger partial charge is 0.316 e. The molecule has 1 saturated heterocycles. The van der Waals surface area contributed by atoms with E-state index in [1.165, 1.54) is 21.8 Å². The van der Waals surface area contributed by atoms with Crippen LogP contribution in [0.4, 0.5) is 5.69 Å². The first-order valence-electron chi connectivity index (χ1n) is 12.0. The van der Waals surface area contributed by atoms with Gasteiger partial charge in [-0.05, 0) is 57.7 Å². The van der Waals surface area contributed by atoms with Crippen LogP contribution in [0.15, 0.2) is 35.3 Å². The molecule has 1 aliphatic heterocycles. The van der Waals surface area contributed by atoms with Gasteiger partial charge in [-0.15, -0.1) is 0 Å². The van der Waals surface area contributed by atoms with Crippen molar-refractivity contribution in [1.29, 1.82) is 0 Å². The van der Waals surface area contributed by atoms with Crippen LogP contribution >= 0.6 is 11.6 Å². The van der Waals surface area contributed by atoms with Crippen LogP contribution < -0.4 is 15.2 Å². The van der Waals surface area contributed by atoms with Gasteiger partial charge in [0.1, 0.15) is 5.69 Å². The normalized spacial score (nSPS) is 19.0. The Bertz CT molecular complexity index is 1170. The number of rotatable bonds is 7. The molecule has 10 heteroatoms. The Morgan fingerprint density at radius 3 is 2.38 bits per heavy atom. The summed E-state index contributed by atoms with van der Waals surface area (Å²) in [6.07, 6.45) is 6.09. The summed E-state index contributed by atoms with van der Waals surface area (Å²) in [7, 11) is -3.32. The highest BCUT2D eigenvalue weighted by Gasteiger charge is 2.32. The average Bonchev–Trinajstić information content (AvgIpc) is 3.35. The van der Waals surface area contributed by atoms with Crippen molar-refractivity contribution < 1.29 is 13.2 Å². The fourth-order valence-corrected chi connectivity index (χ4v) is 6.20. The van der Waals surface area contributed by atoms with Gasteiger partial charge in [-0.1, -0.05) is 30.5 Å². The van der Waals surface area contributed by atoms with Crippen LogP contribution in [0.1, 0.15) is 46.5 Å². The lowest BCUT2D eigenvalue weighted by atomic mass is 10.0. The second-order valence-corrected chi connectivity index (χ2v) is 12.3. The summed E-state index contributed by atoms with van der Waals surface area (Å²) in [6.45, 7) is 7.04. The maximum Gasteiger partial charge on any atom is 0.316 e. The van der Waals surface area contributed by atoms with Crippen LogP contribution in [0, 0.1) is 5.92 Å². The van der Waals surface area contributed by atoms with E-state index in [1.54, 1.807) is 44.3 Å². The summed E-state index contributed by atoms with van der Waals surface area (Å²) >= 11 is 6.15. The zero-order valence-electron chi connectivity index (χ0n) is 20.0. The Morgan fingerprint density at radius 2 is 1.76 bits per heavy atom. The van der Waals surface area contributed by atoms with E-state index in [9.17, 15) is 13.2 Å². The van der Waals surface area contributed by atoms with Gasteiger partial charge in [0.2, 0.25) is 15.8 Å². The summed E-state index contributed by atoms with van der Waals surface area (Å²) in [5, 5.41) is 4.47. The molecule has 0 bridgehead atoms. The topological polar surface area (TPSA) is 84.7 Å². The Labute approximate surface area is 206 Å². The van der Waals surface area contributed by atoms with E-state index in [0.29, 0.717) is 48.5 Å². The van der Waals surface area contributed by atoms with Gasteiger partial charge in [-0.3, -0.25) is 4.79 Å². The first-order valence-corrected chi connectivity index (χ1v) is 13.9. The fourth-order valence-electron chi connectivity index (χ4n) is 4.75. The number of piperazine rings is 1. The van der Waals surface area contributed by atoms with Gasteiger partial charge in [0.05, 0.1) is 23.2 Å². The van der Waals surface area contributed by atoms with E-state index in [1.807, 2.05) is 11.8 Å². The van der Waals surface area contributed by atoms with Gasteiger partial charge < -0.3 is 9.64 Å². The second kappa shape index (κ2) is 10.3. The maximum atomic E-state index is 13.6. The van der Waals surface area contributed by atoms with Crippen LogP contribution in [0.25, 0.3) is 5.69 Å². The van der Waals surface area contributed by atoms with Crippen molar-refractivity contribution >= 4 is 27.3 Å². The van der Waals surface area contributed by atoms with Gasteiger partial charge >= 0.3 is 5.56 Å². The molecule has 2 heterocycles. The zero-order valence-corrected chi connectivity index (χ0v) is 21.6. The van der Waals surface area contributed by atoms with E-state index in [-0.39, 0.29) is 17.4 Å². The van der Waals surface area contributed by atoms with Crippen LogP contribution in [-0.4, -0.2) is 60.0 Å². The predicted octanol–water partition coefficient (Wildman–Crippen LogP) is 3.70. The van der Waals surface area contributed by atoms with E-state index in [0.717, 1.165) is 12.8 Å². The van der Waals surface area contributed by atoms with Gasteiger partial charge in [0.15, 0.2) is 0 Å². The van der Waals surface area contributed by atoms with Crippen molar-refractivity contribution in [3.63, 3.8) is 0 Å². The Balaban J connectivity index is 1.66. The van der Waals surface area contributed by atoms with E-state index >= 15 is 0 Å². The lowest BCUT2D eigenvalue weighted by Crippen LogP contribution is -2.50. The van der Waals surface area contributed by atoms with Crippen LogP contribution in [-0.2, 0) is 10.0 Å². The Morgan fingerprint density at radius 1 is 1.09 bits per heavy atom. The highest BCUT2D eigenvalue weighted by molar-refractivity contribution is 7.89. The second-order valence-electron chi connectivity index (χ2n) is 9.40. The summed E-state index contributed by atoms with van der Waals surface area (Å²) in [5.41, 5.74) is 0.826. The highest BCUT2D eigenvalue weighted by Crippen LogP contribution is 2.33. The molecule has 1 aliphatic carbocycles. The molecule has 2 fully saturated rings. The molecule has 34 heavy (non-hydrogen) atoms. The van der Waals surface area contributed by atoms with Gasteiger partial charge in [-0.25, -0.2) is 8.42 Å². The fraction of sp³-hybridized carbons (Fsp3) is 0.583. The van der Waals surface area contributed by atoms with Crippen molar-refractivity contribution in [2.45, 2.75) is 57.8 Å². The quantitative estimate of drug-likeness (QED) is 0.567. The molecule has 2 aromatic rings. The first-order chi connectivity index (χ1) is 16.2. The molecule has 2 aliphatic rings. The molecule has 1 unspecified atom stereocenters. The van der Waals surface area contributed by atoms with Crippen LogP contribution in [0.2, 0.25) is 5.02 Å². The first kappa shape index (κ1) is 25.0. The molecule has 0 amide bonds. The van der Waals surface area contributed by atoms with Crippen LogP contribution in [0.5, 0.6) is 5.75 Å². The van der Waals surface area contributed by atoms with Crippen molar-refractivity contribution in [2.75, 3.05) is 31.1 Å². The molecule has 1 aromatic carbocycles. The highest BCUT2D eigenvalue weighted by atomic mass is 35.5. The van der Waals surface area contributed by atoms with Crippen molar-refractivity contribution in [1.82, 2.24) is 14.1 Å². The van der Waals surface area contributed by atoms with E-state index in [2.05, 4.69) is 5.10 Å². The minimum Gasteiger partial charge on any atom is -0.483 e. The van der Waals surface area contributed by atoms with Crippen LogP contribution in [0.3, 0.4) is 0 Å². The molecule has 4 rings (SSSR count). The number of ether oxygens (including phenoxy) is 1. The number of hydrogen-bond donors (Lipinski definition) is 0. The predicted molar refractivity (Wildman–Crippen MR) is 135 cm³/mol. The monoisotopic (exact) mass is 508 g/mol. The van der Waals surface area contributed by atoms with E-state index in [4.69, 9.17) is 16.3 Å². The van der Waals surface area contributed by atoms with Crippen molar-refractivity contribution in [2.24, 2.45) is 5.92 Å². The van der Waals surface area contributed by atoms with E-state index < -0.39 is 15.3 Å². The number of sulfonamides is 1. The number of aromatic nitrogens is 2. The lowest BCUT2D eigenvalue weighted by Gasteiger charge is -2.36. The minimum absolute atomic E-state index is 0.105. The summed E-state index contributed by atoms with van der Waals surface area (Å²) in [5.74, 6) is 0.669. The maximum absolute atomic E-state index is 13.6. The molecule has 0 radical (unpaired) electrons. The van der Waals surface area contributed by atoms with Crippen molar-refractivity contribution in [3.05, 3.63) is 45.8 Å².